The molecule has 0 unspecified atom stereocenters. The van der Waals surface area contributed by atoms with Crippen molar-refractivity contribution in [3.63, 3.8) is 0 Å². The number of halogens is 2. The van der Waals surface area contributed by atoms with Crippen molar-refractivity contribution >= 4 is 23.1 Å². The second-order valence-electron chi connectivity index (χ2n) is 5.32. The van der Waals surface area contributed by atoms with E-state index < -0.39 is 0 Å². The fourth-order valence-corrected chi connectivity index (χ4v) is 2.75. The Kier molecular flexibility index (Phi) is 4.42. The van der Waals surface area contributed by atoms with Gasteiger partial charge in [-0.25, -0.2) is 8.78 Å². The fraction of sp³-hybridized carbons (Fsp3) is 0.0526. The first-order valence-electron chi connectivity index (χ1n) is 7.32. The molecule has 114 valence electrons. The first-order valence-corrected chi connectivity index (χ1v) is 7.32. The summed E-state index contributed by atoms with van der Waals surface area (Å²) in [6.45, 7) is -0.243. The van der Waals surface area contributed by atoms with Crippen molar-refractivity contribution in [2.75, 3.05) is 7.11 Å². The zero-order valence-corrected chi connectivity index (χ0v) is 12.7. The second-order valence-corrected chi connectivity index (χ2v) is 5.32. The van der Waals surface area contributed by atoms with E-state index in [0.717, 1.165) is 22.1 Å². The molecule has 0 bridgehead atoms. The van der Waals surface area contributed by atoms with Gasteiger partial charge in [-0.3, -0.25) is 0 Å². The predicted octanol–water partition coefficient (Wildman–Crippen LogP) is 2.49. The third-order valence-corrected chi connectivity index (χ3v) is 3.81. The van der Waals surface area contributed by atoms with Crippen molar-refractivity contribution in [1.82, 2.24) is 0 Å². The summed E-state index contributed by atoms with van der Waals surface area (Å²) in [7, 11) is 1.60. The van der Waals surface area contributed by atoms with Gasteiger partial charge in [0.1, 0.15) is 17.4 Å². The molecule has 0 heterocycles. The molecule has 0 atom stereocenters. The molecule has 0 amide bonds. The van der Waals surface area contributed by atoms with Crippen molar-refractivity contribution in [2.24, 2.45) is 0 Å². The molecular formula is C19H15BF2O. The SMILES string of the molecule is COc1ccc(B(c2cccc(F)c2)c2cccc(F)c2)cc1. The highest BCUT2D eigenvalue weighted by Crippen LogP contribution is 2.07. The van der Waals surface area contributed by atoms with Gasteiger partial charge in [0.05, 0.1) is 7.11 Å². The number of hydrogen-bond acceptors (Lipinski definition) is 1. The van der Waals surface area contributed by atoms with Crippen LogP contribution in [0.3, 0.4) is 0 Å². The van der Waals surface area contributed by atoms with Gasteiger partial charge in [0.2, 0.25) is 6.71 Å². The Hall–Kier alpha value is -2.62. The lowest BCUT2D eigenvalue weighted by molar-refractivity contribution is 0.415. The highest BCUT2D eigenvalue weighted by atomic mass is 19.1. The molecule has 0 aliphatic carbocycles. The maximum absolute atomic E-state index is 13.7. The van der Waals surface area contributed by atoms with Crippen LogP contribution in [0.15, 0.2) is 72.8 Å². The summed E-state index contributed by atoms with van der Waals surface area (Å²) < 4.78 is 32.5. The maximum atomic E-state index is 13.7. The Morgan fingerprint density at radius 1 is 0.696 bits per heavy atom. The Bertz CT molecular complexity index is 757. The average Bonchev–Trinajstić information content (AvgIpc) is 2.56. The molecule has 23 heavy (non-hydrogen) atoms. The molecule has 0 N–H and O–H groups in total. The Morgan fingerprint density at radius 2 is 1.22 bits per heavy atom. The number of methoxy groups -OCH3 is 1. The van der Waals surface area contributed by atoms with E-state index in [4.69, 9.17) is 4.74 Å². The van der Waals surface area contributed by atoms with Gasteiger partial charge >= 0.3 is 0 Å². The van der Waals surface area contributed by atoms with Crippen LogP contribution in [0, 0.1) is 11.6 Å². The number of benzene rings is 3. The van der Waals surface area contributed by atoms with E-state index in [9.17, 15) is 8.78 Å². The highest BCUT2D eigenvalue weighted by Gasteiger charge is 2.22. The summed E-state index contributed by atoms with van der Waals surface area (Å²) in [4.78, 5) is 0. The summed E-state index contributed by atoms with van der Waals surface area (Å²) in [5, 5.41) is 0. The molecule has 0 aliphatic heterocycles. The van der Waals surface area contributed by atoms with Gasteiger partial charge in [0.15, 0.2) is 0 Å². The van der Waals surface area contributed by atoms with Crippen LogP contribution in [0.5, 0.6) is 5.75 Å². The third-order valence-electron chi connectivity index (χ3n) is 3.81. The van der Waals surface area contributed by atoms with Crippen LogP contribution >= 0.6 is 0 Å². The standard InChI is InChI=1S/C19H15BF2O/c1-23-19-10-8-14(9-11-19)20(15-4-2-6-17(21)12-15)16-5-3-7-18(22)13-16/h2-13H,1H3. The molecule has 4 heteroatoms. The first-order chi connectivity index (χ1) is 11.2. The normalized spacial score (nSPS) is 10.4. The smallest absolute Gasteiger partial charge is 0.241 e. The molecule has 0 radical (unpaired) electrons. The lowest BCUT2D eigenvalue weighted by atomic mass is 9.37. The highest BCUT2D eigenvalue weighted by molar-refractivity contribution is 6.95. The van der Waals surface area contributed by atoms with E-state index in [1.165, 1.54) is 24.3 Å². The fourth-order valence-electron chi connectivity index (χ4n) is 2.75. The van der Waals surface area contributed by atoms with Crippen LogP contribution in [0.1, 0.15) is 0 Å². The predicted molar refractivity (Wildman–Crippen MR) is 90.5 cm³/mol. The zero-order valence-electron chi connectivity index (χ0n) is 12.7. The van der Waals surface area contributed by atoms with Crippen LogP contribution in [0.25, 0.3) is 0 Å². The molecule has 0 aliphatic rings. The zero-order chi connectivity index (χ0) is 16.2. The summed E-state index contributed by atoms with van der Waals surface area (Å²) in [5.41, 5.74) is 2.50. The summed E-state index contributed by atoms with van der Waals surface area (Å²) in [5.74, 6) is 0.126. The molecule has 3 aromatic rings. The molecule has 0 spiro atoms. The van der Waals surface area contributed by atoms with Gasteiger partial charge in [0.25, 0.3) is 0 Å². The Balaban J connectivity index is 2.12. The van der Waals surface area contributed by atoms with Crippen molar-refractivity contribution in [1.29, 1.82) is 0 Å². The second kappa shape index (κ2) is 6.65. The van der Waals surface area contributed by atoms with E-state index >= 15 is 0 Å². The maximum Gasteiger partial charge on any atom is 0.241 e. The van der Waals surface area contributed by atoms with E-state index in [1.807, 2.05) is 36.4 Å². The van der Waals surface area contributed by atoms with Gasteiger partial charge in [0, 0.05) is 0 Å². The van der Waals surface area contributed by atoms with Crippen LogP contribution < -0.4 is 21.1 Å². The minimum absolute atomic E-state index is 0.243. The van der Waals surface area contributed by atoms with Crippen molar-refractivity contribution < 1.29 is 13.5 Å². The van der Waals surface area contributed by atoms with Gasteiger partial charge in [-0.05, 0) is 36.4 Å². The molecule has 1 nitrogen and oxygen atoms in total. The van der Waals surface area contributed by atoms with Crippen LogP contribution in [-0.2, 0) is 0 Å². The molecule has 0 aromatic heterocycles. The van der Waals surface area contributed by atoms with Crippen LogP contribution in [0.2, 0.25) is 0 Å². The summed E-state index contributed by atoms with van der Waals surface area (Å²) in [6.07, 6.45) is 0. The number of ether oxygens (including phenoxy) is 1. The molecule has 0 fully saturated rings. The number of hydrogen-bond donors (Lipinski definition) is 0. The Labute approximate surface area is 134 Å². The minimum atomic E-state index is -0.308. The molecule has 3 rings (SSSR count). The van der Waals surface area contributed by atoms with E-state index in [-0.39, 0.29) is 18.3 Å². The quantitative estimate of drug-likeness (QED) is 0.673. The van der Waals surface area contributed by atoms with E-state index in [2.05, 4.69) is 0 Å². The van der Waals surface area contributed by atoms with Crippen LogP contribution in [-0.4, -0.2) is 13.8 Å². The van der Waals surface area contributed by atoms with Crippen molar-refractivity contribution in [3.8, 4) is 5.75 Å². The van der Waals surface area contributed by atoms with E-state index in [1.54, 1.807) is 19.2 Å². The van der Waals surface area contributed by atoms with Crippen LogP contribution in [0.4, 0.5) is 8.78 Å². The average molecular weight is 308 g/mol. The lowest BCUT2D eigenvalue weighted by Gasteiger charge is -2.16. The molecular weight excluding hydrogens is 293 g/mol. The van der Waals surface area contributed by atoms with Gasteiger partial charge in [-0.1, -0.05) is 52.8 Å². The molecule has 0 saturated heterocycles. The summed E-state index contributed by atoms with van der Waals surface area (Å²) >= 11 is 0. The lowest BCUT2D eigenvalue weighted by Crippen LogP contribution is -2.52. The van der Waals surface area contributed by atoms with E-state index in [0.29, 0.717) is 0 Å². The Morgan fingerprint density at radius 3 is 1.65 bits per heavy atom. The monoisotopic (exact) mass is 308 g/mol. The van der Waals surface area contributed by atoms with Gasteiger partial charge in [-0.2, -0.15) is 0 Å². The molecule has 0 saturated carbocycles. The number of rotatable bonds is 4. The molecule has 3 aromatic carbocycles. The third kappa shape index (κ3) is 3.42. The minimum Gasteiger partial charge on any atom is -0.497 e. The van der Waals surface area contributed by atoms with Crippen molar-refractivity contribution in [3.05, 3.63) is 84.4 Å². The largest absolute Gasteiger partial charge is 0.497 e. The topological polar surface area (TPSA) is 9.23 Å². The summed E-state index contributed by atoms with van der Waals surface area (Å²) in [6, 6.07) is 20.3. The first kappa shape index (κ1) is 15.3. The van der Waals surface area contributed by atoms with Gasteiger partial charge in [-0.15, -0.1) is 0 Å². The van der Waals surface area contributed by atoms with Gasteiger partial charge < -0.3 is 4.74 Å². The van der Waals surface area contributed by atoms with Crippen molar-refractivity contribution in [2.45, 2.75) is 0 Å².